The van der Waals surface area contributed by atoms with Gasteiger partial charge >= 0.3 is 5.97 Å². The van der Waals surface area contributed by atoms with Crippen molar-refractivity contribution < 1.29 is 9.53 Å². The third-order valence-corrected chi connectivity index (χ3v) is 2.84. The number of benzene rings is 1. The van der Waals surface area contributed by atoms with Gasteiger partial charge in [-0.15, -0.1) is 11.6 Å². The van der Waals surface area contributed by atoms with Crippen molar-refractivity contribution in [1.82, 2.24) is 0 Å². The second-order valence-electron chi connectivity index (χ2n) is 2.82. The van der Waals surface area contributed by atoms with Gasteiger partial charge in [-0.25, -0.2) is 4.79 Å². The van der Waals surface area contributed by atoms with E-state index < -0.39 is 5.97 Å². The van der Waals surface area contributed by atoms with Gasteiger partial charge in [-0.2, -0.15) is 0 Å². The second-order valence-corrected chi connectivity index (χ2v) is 3.94. The number of hydrogen-bond donors (Lipinski definition) is 0. The molecule has 0 aliphatic carbocycles. The van der Waals surface area contributed by atoms with E-state index >= 15 is 0 Å². The van der Waals surface area contributed by atoms with Gasteiger partial charge in [0.05, 0.1) is 18.6 Å². The molecule has 0 N–H and O–H groups in total. The number of carbonyl (C=O) groups excluding carboxylic acids is 1. The van der Waals surface area contributed by atoms with Crippen LogP contribution in [-0.4, -0.2) is 19.0 Å². The van der Waals surface area contributed by atoms with Gasteiger partial charge in [0.1, 0.15) is 0 Å². The van der Waals surface area contributed by atoms with Crippen molar-refractivity contribution in [2.75, 3.05) is 13.0 Å². The van der Waals surface area contributed by atoms with Gasteiger partial charge in [0.2, 0.25) is 0 Å². The number of carbonyl (C=O) groups is 1. The summed E-state index contributed by atoms with van der Waals surface area (Å²) in [6.45, 7) is 0. The Kier molecular flexibility index (Phi) is 4.85. The minimum Gasteiger partial charge on any atom is -0.466 e. The van der Waals surface area contributed by atoms with Crippen LogP contribution in [0.1, 0.15) is 5.56 Å². The van der Waals surface area contributed by atoms with Crippen LogP contribution in [0.5, 0.6) is 0 Å². The van der Waals surface area contributed by atoms with Crippen LogP contribution in [0.3, 0.4) is 0 Å². The predicted octanol–water partition coefficient (Wildman–Crippen LogP) is 3.24. The maximum Gasteiger partial charge on any atom is 0.334 e. The van der Waals surface area contributed by atoms with E-state index in [1.165, 1.54) is 7.11 Å². The van der Waals surface area contributed by atoms with E-state index in [1.54, 1.807) is 6.08 Å². The first kappa shape index (κ1) is 12.3. The van der Waals surface area contributed by atoms with Crippen molar-refractivity contribution >= 4 is 39.6 Å². The van der Waals surface area contributed by atoms with Crippen molar-refractivity contribution in [1.29, 1.82) is 0 Å². The van der Waals surface area contributed by atoms with E-state index in [0.717, 1.165) is 10.0 Å². The average Bonchev–Trinajstić information content (AvgIpc) is 2.27. The highest BCUT2D eigenvalue weighted by Gasteiger charge is 2.08. The molecule has 1 aromatic rings. The lowest BCUT2D eigenvalue weighted by molar-refractivity contribution is -0.135. The van der Waals surface area contributed by atoms with Crippen molar-refractivity contribution in [3.8, 4) is 0 Å². The molecule has 0 fully saturated rings. The van der Waals surface area contributed by atoms with Crippen LogP contribution in [0, 0.1) is 0 Å². The van der Waals surface area contributed by atoms with Gasteiger partial charge in [-0.3, -0.25) is 0 Å². The van der Waals surface area contributed by atoms with Gasteiger partial charge in [0.25, 0.3) is 0 Å². The van der Waals surface area contributed by atoms with E-state index in [1.807, 2.05) is 24.3 Å². The molecule has 0 heterocycles. The molecule has 1 rings (SSSR count). The smallest absolute Gasteiger partial charge is 0.334 e. The Balaban J connectivity index is 3.03. The Hall–Kier alpha value is -0.800. The molecule has 0 aliphatic rings. The summed E-state index contributed by atoms with van der Waals surface area (Å²) >= 11 is 9.04. The van der Waals surface area contributed by atoms with Crippen molar-refractivity contribution in [2.24, 2.45) is 0 Å². The molecular formula is C11H10BrClO2. The molecule has 0 radical (unpaired) electrons. The number of alkyl halides is 1. The zero-order valence-electron chi connectivity index (χ0n) is 8.17. The Labute approximate surface area is 102 Å². The fourth-order valence-electron chi connectivity index (χ4n) is 1.06. The molecule has 0 unspecified atom stereocenters. The molecule has 15 heavy (non-hydrogen) atoms. The highest BCUT2D eigenvalue weighted by atomic mass is 79.9. The zero-order valence-corrected chi connectivity index (χ0v) is 10.5. The molecule has 2 nitrogen and oxygen atoms in total. The Morgan fingerprint density at radius 1 is 1.53 bits per heavy atom. The summed E-state index contributed by atoms with van der Waals surface area (Å²) in [5.74, 6) is -0.269. The fraction of sp³-hybridized carbons (Fsp3) is 0.182. The molecular weight excluding hydrogens is 279 g/mol. The molecule has 4 heteroatoms. The molecule has 0 bridgehead atoms. The average molecular weight is 290 g/mol. The number of hydrogen-bond acceptors (Lipinski definition) is 2. The number of methoxy groups -OCH3 is 1. The van der Waals surface area contributed by atoms with Gasteiger partial charge in [0, 0.05) is 4.47 Å². The van der Waals surface area contributed by atoms with Crippen LogP contribution < -0.4 is 0 Å². The topological polar surface area (TPSA) is 26.3 Å². The van der Waals surface area contributed by atoms with Crippen molar-refractivity contribution in [2.45, 2.75) is 0 Å². The lowest BCUT2D eigenvalue weighted by Gasteiger charge is -2.02. The number of ether oxygens (including phenoxy) is 1. The monoisotopic (exact) mass is 288 g/mol. The van der Waals surface area contributed by atoms with Gasteiger partial charge in [0.15, 0.2) is 0 Å². The Morgan fingerprint density at radius 3 is 2.73 bits per heavy atom. The summed E-state index contributed by atoms with van der Waals surface area (Å²) in [7, 11) is 1.34. The largest absolute Gasteiger partial charge is 0.466 e. The van der Waals surface area contributed by atoms with Gasteiger partial charge in [-0.05, 0) is 17.7 Å². The first-order valence-corrected chi connectivity index (χ1v) is 5.61. The first-order chi connectivity index (χ1) is 7.19. The summed E-state index contributed by atoms with van der Waals surface area (Å²) in [5.41, 5.74) is 1.34. The standard InChI is InChI=1S/C11H10BrClO2/c1-15-11(14)9(7-13)6-8-4-2-3-5-10(8)12/h2-6H,7H2,1H3/b9-6+. The lowest BCUT2D eigenvalue weighted by atomic mass is 10.1. The minimum atomic E-state index is -0.402. The Bertz CT molecular complexity index is 388. The number of halogens is 2. The highest BCUT2D eigenvalue weighted by Crippen LogP contribution is 2.19. The van der Waals surface area contributed by atoms with Gasteiger partial charge < -0.3 is 4.74 Å². The molecule has 0 atom stereocenters. The van der Waals surface area contributed by atoms with E-state index in [2.05, 4.69) is 20.7 Å². The van der Waals surface area contributed by atoms with Crippen LogP contribution in [-0.2, 0) is 9.53 Å². The summed E-state index contributed by atoms with van der Waals surface area (Å²) in [6, 6.07) is 7.58. The summed E-state index contributed by atoms with van der Waals surface area (Å²) < 4.78 is 5.52. The second kappa shape index (κ2) is 5.93. The van der Waals surface area contributed by atoms with Crippen molar-refractivity contribution in [3.05, 3.63) is 39.9 Å². The van der Waals surface area contributed by atoms with E-state index in [0.29, 0.717) is 5.57 Å². The van der Waals surface area contributed by atoms with Crippen LogP contribution in [0.15, 0.2) is 34.3 Å². The molecule has 1 aromatic carbocycles. The van der Waals surface area contributed by atoms with Crippen LogP contribution in [0.25, 0.3) is 6.08 Å². The fourth-order valence-corrected chi connectivity index (χ4v) is 1.65. The molecule has 0 spiro atoms. The molecule has 0 saturated carbocycles. The first-order valence-electron chi connectivity index (χ1n) is 4.28. The molecule has 0 aromatic heterocycles. The molecule has 0 aliphatic heterocycles. The highest BCUT2D eigenvalue weighted by molar-refractivity contribution is 9.10. The molecule has 80 valence electrons. The number of esters is 1. The number of rotatable bonds is 3. The Morgan fingerprint density at radius 2 is 2.20 bits per heavy atom. The van der Waals surface area contributed by atoms with Crippen LogP contribution in [0.2, 0.25) is 0 Å². The molecule has 0 saturated heterocycles. The maximum atomic E-state index is 11.3. The van der Waals surface area contributed by atoms with Crippen LogP contribution in [0.4, 0.5) is 0 Å². The lowest BCUT2D eigenvalue weighted by Crippen LogP contribution is -2.05. The van der Waals surface area contributed by atoms with E-state index in [-0.39, 0.29) is 5.88 Å². The summed E-state index contributed by atoms with van der Waals surface area (Å²) in [4.78, 5) is 11.3. The minimum absolute atomic E-state index is 0.133. The van der Waals surface area contributed by atoms with E-state index in [4.69, 9.17) is 11.6 Å². The van der Waals surface area contributed by atoms with Crippen molar-refractivity contribution in [3.63, 3.8) is 0 Å². The van der Waals surface area contributed by atoms with E-state index in [9.17, 15) is 4.79 Å². The predicted molar refractivity (Wildman–Crippen MR) is 64.9 cm³/mol. The third kappa shape index (κ3) is 3.36. The summed E-state index contributed by atoms with van der Waals surface area (Å²) in [5, 5.41) is 0. The molecule has 0 amide bonds. The quantitative estimate of drug-likeness (QED) is 0.485. The van der Waals surface area contributed by atoms with Gasteiger partial charge in [-0.1, -0.05) is 34.1 Å². The van der Waals surface area contributed by atoms with Crippen LogP contribution >= 0.6 is 27.5 Å². The third-order valence-electron chi connectivity index (χ3n) is 1.83. The SMILES string of the molecule is COC(=O)/C(=C/c1ccccc1Br)CCl. The summed E-state index contributed by atoms with van der Waals surface area (Å²) in [6.07, 6.45) is 1.71. The normalized spacial score (nSPS) is 11.3. The zero-order chi connectivity index (χ0) is 11.3. The maximum absolute atomic E-state index is 11.3.